The topological polar surface area (TPSA) is 64.8 Å². The molecule has 1 aromatic carbocycles. The van der Waals surface area contributed by atoms with Crippen LogP contribution in [0.25, 0.3) is 0 Å². The van der Waals surface area contributed by atoms with Crippen LogP contribution in [0.3, 0.4) is 0 Å². The zero-order valence-electron chi connectivity index (χ0n) is 14.0. The molecule has 2 rings (SSSR count). The van der Waals surface area contributed by atoms with Gasteiger partial charge in [-0.2, -0.15) is 0 Å². The fourth-order valence-electron chi connectivity index (χ4n) is 2.53. The number of benzene rings is 1. The Bertz CT molecular complexity index is 557. The van der Waals surface area contributed by atoms with E-state index in [1.165, 1.54) is 18.2 Å². The molecule has 1 saturated heterocycles. The van der Waals surface area contributed by atoms with E-state index in [2.05, 4.69) is 0 Å². The maximum atomic E-state index is 13.6. The van der Waals surface area contributed by atoms with Gasteiger partial charge in [-0.25, -0.2) is 9.18 Å². The summed E-state index contributed by atoms with van der Waals surface area (Å²) in [5, 5.41) is 0. The number of carbonyl (C=O) groups is 1. The number of amides is 1. The van der Waals surface area contributed by atoms with E-state index < -0.39 is 11.4 Å². The molecule has 0 bridgehead atoms. The van der Waals surface area contributed by atoms with Crippen LogP contribution in [0.5, 0.6) is 5.75 Å². The smallest absolute Gasteiger partial charge is 0.410 e. The number of halogens is 1. The summed E-state index contributed by atoms with van der Waals surface area (Å²) in [5.41, 5.74) is 5.59. The standard InChI is InChI=1S/C17H25FN2O3/c1-17(2,3)23-16(21)20-8-4-5-12(10-20)11-22-15-9-13(19)6-7-14(15)18/h6-7,9,12H,4-5,8,10-11,19H2,1-3H3/t12-/m1/s1. The highest BCUT2D eigenvalue weighted by Gasteiger charge is 2.28. The van der Waals surface area contributed by atoms with Crippen molar-refractivity contribution in [3.8, 4) is 5.75 Å². The molecule has 1 aromatic rings. The molecular formula is C17H25FN2O3. The van der Waals surface area contributed by atoms with Crippen LogP contribution in [-0.4, -0.2) is 36.3 Å². The quantitative estimate of drug-likeness (QED) is 0.865. The molecule has 1 amide bonds. The summed E-state index contributed by atoms with van der Waals surface area (Å²) in [5.74, 6) is -0.129. The second-order valence-electron chi connectivity index (χ2n) is 6.94. The Hall–Kier alpha value is -1.98. The Labute approximate surface area is 136 Å². The molecule has 0 unspecified atom stereocenters. The Kier molecular flexibility index (Phi) is 5.34. The van der Waals surface area contributed by atoms with Crippen LogP contribution in [0, 0.1) is 11.7 Å². The van der Waals surface area contributed by atoms with Gasteiger partial charge < -0.3 is 20.1 Å². The van der Waals surface area contributed by atoms with Gasteiger partial charge >= 0.3 is 6.09 Å². The number of ether oxygens (including phenoxy) is 2. The average Bonchev–Trinajstić information content (AvgIpc) is 2.47. The molecule has 1 atom stereocenters. The van der Waals surface area contributed by atoms with Gasteiger partial charge in [0.25, 0.3) is 0 Å². The summed E-state index contributed by atoms with van der Waals surface area (Å²) in [7, 11) is 0. The highest BCUT2D eigenvalue weighted by Crippen LogP contribution is 2.23. The minimum atomic E-state index is -0.509. The van der Waals surface area contributed by atoms with Crippen LogP contribution in [0.1, 0.15) is 33.6 Å². The van der Waals surface area contributed by atoms with Crippen LogP contribution in [-0.2, 0) is 4.74 Å². The first kappa shape index (κ1) is 17.4. The predicted octanol–water partition coefficient (Wildman–Crippen LogP) is 3.43. The number of piperidine rings is 1. The van der Waals surface area contributed by atoms with Crippen molar-refractivity contribution in [1.82, 2.24) is 4.90 Å². The lowest BCUT2D eigenvalue weighted by atomic mass is 9.99. The van der Waals surface area contributed by atoms with Gasteiger partial charge in [0, 0.05) is 30.8 Å². The zero-order chi connectivity index (χ0) is 17.0. The van der Waals surface area contributed by atoms with Crippen LogP contribution in [0.4, 0.5) is 14.9 Å². The van der Waals surface area contributed by atoms with Crippen LogP contribution < -0.4 is 10.5 Å². The van der Waals surface area contributed by atoms with Crippen LogP contribution in [0.15, 0.2) is 18.2 Å². The van der Waals surface area contributed by atoms with E-state index in [0.29, 0.717) is 25.4 Å². The third-order valence-corrected chi connectivity index (χ3v) is 3.60. The Morgan fingerprint density at radius 1 is 1.43 bits per heavy atom. The zero-order valence-corrected chi connectivity index (χ0v) is 14.0. The third kappa shape index (κ3) is 5.30. The number of anilines is 1. The Morgan fingerprint density at radius 3 is 2.87 bits per heavy atom. The lowest BCUT2D eigenvalue weighted by Crippen LogP contribution is -2.44. The van der Waals surface area contributed by atoms with Crippen molar-refractivity contribution in [3.05, 3.63) is 24.0 Å². The van der Waals surface area contributed by atoms with Gasteiger partial charge in [-0.15, -0.1) is 0 Å². The van der Waals surface area contributed by atoms with E-state index in [9.17, 15) is 9.18 Å². The fraction of sp³-hybridized carbons (Fsp3) is 0.588. The monoisotopic (exact) mass is 324 g/mol. The lowest BCUT2D eigenvalue weighted by molar-refractivity contribution is 0.0138. The summed E-state index contributed by atoms with van der Waals surface area (Å²) >= 11 is 0. The Balaban J connectivity index is 1.89. The number of hydrogen-bond donors (Lipinski definition) is 1. The number of hydrogen-bond acceptors (Lipinski definition) is 4. The fourth-order valence-corrected chi connectivity index (χ4v) is 2.53. The highest BCUT2D eigenvalue weighted by molar-refractivity contribution is 5.68. The van der Waals surface area contributed by atoms with Gasteiger partial charge in [0.15, 0.2) is 11.6 Å². The largest absolute Gasteiger partial charge is 0.490 e. The second kappa shape index (κ2) is 7.06. The predicted molar refractivity (Wildman–Crippen MR) is 86.8 cm³/mol. The average molecular weight is 324 g/mol. The molecule has 0 spiro atoms. The summed E-state index contributed by atoms with van der Waals surface area (Å²) in [6.07, 6.45) is 1.51. The molecule has 1 fully saturated rings. The van der Waals surface area contributed by atoms with Crippen molar-refractivity contribution in [2.24, 2.45) is 5.92 Å². The number of rotatable bonds is 3. The van der Waals surface area contributed by atoms with Crippen molar-refractivity contribution in [1.29, 1.82) is 0 Å². The maximum Gasteiger partial charge on any atom is 0.410 e. The van der Waals surface area contributed by atoms with E-state index in [1.54, 1.807) is 4.90 Å². The van der Waals surface area contributed by atoms with Crippen molar-refractivity contribution in [3.63, 3.8) is 0 Å². The molecule has 6 heteroatoms. The summed E-state index contributed by atoms with van der Waals surface area (Å²) in [6, 6.07) is 4.26. The minimum Gasteiger partial charge on any atom is -0.490 e. The molecule has 1 aliphatic heterocycles. The summed E-state index contributed by atoms with van der Waals surface area (Å²) in [4.78, 5) is 13.8. The molecular weight excluding hydrogens is 299 g/mol. The van der Waals surface area contributed by atoms with E-state index in [1.807, 2.05) is 20.8 Å². The molecule has 0 aliphatic carbocycles. The van der Waals surface area contributed by atoms with Gasteiger partial charge in [-0.05, 0) is 45.7 Å². The SMILES string of the molecule is CC(C)(C)OC(=O)N1CCC[C@@H](COc2cc(N)ccc2F)C1. The molecule has 0 saturated carbocycles. The number of nitrogens with zero attached hydrogens (tertiary/aromatic N) is 1. The molecule has 0 aromatic heterocycles. The Morgan fingerprint density at radius 2 is 2.17 bits per heavy atom. The van der Waals surface area contributed by atoms with Crippen LogP contribution in [0.2, 0.25) is 0 Å². The first-order valence-corrected chi connectivity index (χ1v) is 7.90. The van der Waals surface area contributed by atoms with Gasteiger partial charge in [-0.3, -0.25) is 0 Å². The molecule has 5 nitrogen and oxygen atoms in total. The van der Waals surface area contributed by atoms with Gasteiger partial charge in [0.1, 0.15) is 5.60 Å². The van der Waals surface area contributed by atoms with Crippen molar-refractivity contribution in [2.45, 2.75) is 39.2 Å². The van der Waals surface area contributed by atoms with Crippen molar-refractivity contribution in [2.75, 3.05) is 25.4 Å². The van der Waals surface area contributed by atoms with E-state index >= 15 is 0 Å². The van der Waals surface area contributed by atoms with Gasteiger partial charge in [0.2, 0.25) is 0 Å². The molecule has 1 heterocycles. The van der Waals surface area contributed by atoms with Crippen molar-refractivity contribution < 1.29 is 18.7 Å². The minimum absolute atomic E-state index is 0.150. The van der Waals surface area contributed by atoms with Gasteiger partial charge in [-0.1, -0.05) is 0 Å². The number of likely N-dealkylation sites (tertiary alicyclic amines) is 1. The molecule has 128 valence electrons. The number of nitrogen functional groups attached to an aromatic ring is 1. The normalized spacial score (nSPS) is 18.6. The number of carbonyl (C=O) groups excluding carboxylic acids is 1. The third-order valence-electron chi connectivity index (χ3n) is 3.60. The van der Waals surface area contributed by atoms with E-state index in [4.69, 9.17) is 15.2 Å². The molecule has 23 heavy (non-hydrogen) atoms. The molecule has 2 N–H and O–H groups in total. The number of nitrogens with two attached hydrogens (primary N) is 1. The molecule has 1 aliphatic rings. The van der Waals surface area contributed by atoms with E-state index in [-0.39, 0.29) is 17.8 Å². The van der Waals surface area contributed by atoms with Crippen molar-refractivity contribution >= 4 is 11.8 Å². The second-order valence-corrected chi connectivity index (χ2v) is 6.94. The summed E-state index contributed by atoms with van der Waals surface area (Å²) in [6.45, 7) is 7.12. The van der Waals surface area contributed by atoms with Gasteiger partial charge in [0.05, 0.1) is 6.61 Å². The molecule has 0 radical (unpaired) electrons. The first-order chi connectivity index (χ1) is 10.7. The van der Waals surface area contributed by atoms with E-state index in [0.717, 1.165) is 12.8 Å². The maximum absolute atomic E-state index is 13.6. The summed E-state index contributed by atoms with van der Waals surface area (Å²) < 4.78 is 24.6. The highest BCUT2D eigenvalue weighted by atomic mass is 19.1. The first-order valence-electron chi connectivity index (χ1n) is 7.90. The van der Waals surface area contributed by atoms with Crippen LogP contribution >= 0.6 is 0 Å². The lowest BCUT2D eigenvalue weighted by Gasteiger charge is -2.34.